The molecule has 0 radical (unpaired) electrons. The molecule has 2 aromatic carbocycles. The van der Waals surface area contributed by atoms with Crippen LogP contribution < -0.4 is 16.2 Å². The molecule has 0 aliphatic heterocycles. The number of ether oxygens (including phenoxy) is 1. The number of aromatic nitrogens is 2. The van der Waals surface area contributed by atoms with E-state index in [1.165, 1.54) is 4.68 Å². The first-order chi connectivity index (χ1) is 15.7. The van der Waals surface area contributed by atoms with Gasteiger partial charge >= 0.3 is 5.97 Å². The van der Waals surface area contributed by atoms with Crippen molar-refractivity contribution in [1.82, 2.24) is 15.1 Å². The van der Waals surface area contributed by atoms with Crippen LogP contribution in [0.2, 0.25) is 5.02 Å². The second-order valence-corrected chi connectivity index (χ2v) is 7.96. The van der Waals surface area contributed by atoms with E-state index >= 15 is 0 Å². The number of carbonyl (C=O) groups excluding carboxylic acids is 3. The average molecular weight is 471 g/mol. The normalized spacial score (nSPS) is 10.8. The van der Waals surface area contributed by atoms with Gasteiger partial charge in [-0.25, -0.2) is 9.48 Å². The molecule has 9 nitrogen and oxygen atoms in total. The summed E-state index contributed by atoms with van der Waals surface area (Å²) in [4.78, 5) is 49.4. The van der Waals surface area contributed by atoms with Crippen LogP contribution in [0.5, 0.6) is 0 Å². The van der Waals surface area contributed by atoms with E-state index in [1.54, 1.807) is 63.2 Å². The van der Waals surface area contributed by atoms with Crippen molar-refractivity contribution in [3.8, 4) is 0 Å². The molecule has 1 heterocycles. The van der Waals surface area contributed by atoms with Gasteiger partial charge in [-0.3, -0.25) is 14.4 Å². The highest BCUT2D eigenvalue weighted by atomic mass is 35.5. The van der Waals surface area contributed by atoms with Gasteiger partial charge in [0, 0.05) is 16.1 Å². The summed E-state index contributed by atoms with van der Waals surface area (Å²) < 4.78 is 6.28. The van der Waals surface area contributed by atoms with Crippen LogP contribution in [0.1, 0.15) is 35.9 Å². The predicted molar refractivity (Wildman–Crippen MR) is 124 cm³/mol. The van der Waals surface area contributed by atoms with E-state index in [0.29, 0.717) is 27.0 Å². The van der Waals surface area contributed by atoms with E-state index in [4.69, 9.17) is 16.3 Å². The molecule has 0 aliphatic rings. The van der Waals surface area contributed by atoms with Gasteiger partial charge in [-0.05, 0) is 44.5 Å². The van der Waals surface area contributed by atoms with Crippen molar-refractivity contribution in [1.29, 1.82) is 0 Å². The standard InChI is InChI=1S/C23H23ClN4O5/c1-13(2)28-22(31)16-8-5-4-7-15(16)21(27-28)23(32)33-12-20(30)25-11-19(29)26-18-10-6-9-17(24)14(18)3/h4-10,13H,11-12H2,1-3H3,(H,25,30)(H,26,29). The number of benzene rings is 2. The molecule has 0 fully saturated rings. The number of amides is 2. The SMILES string of the molecule is Cc1c(Cl)cccc1NC(=O)CNC(=O)COC(=O)c1nn(C(C)C)c(=O)c2ccccc12. The van der Waals surface area contributed by atoms with Crippen molar-refractivity contribution in [2.24, 2.45) is 0 Å². The van der Waals surface area contributed by atoms with E-state index in [-0.39, 0.29) is 23.8 Å². The number of esters is 1. The Morgan fingerprint density at radius 3 is 2.45 bits per heavy atom. The van der Waals surface area contributed by atoms with Crippen LogP contribution in [0.15, 0.2) is 47.3 Å². The van der Waals surface area contributed by atoms with Gasteiger partial charge in [0.15, 0.2) is 12.3 Å². The van der Waals surface area contributed by atoms with Crippen molar-refractivity contribution in [3.05, 3.63) is 69.1 Å². The van der Waals surface area contributed by atoms with Crippen LogP contribution in [-0.2, 0) is 14.3 Å². The highest BCUT2D eigenvalue weighted by Gasteiger charge is 2.20. The molecule has 3 rings (SSSR count). The van der Waals surface area contributed by atoms with E-state index in [2.05, 4.69) is 15.7 Å². The summed E-state index contributed by atoms with van der Waals surface area (Å²) in [6.07, 6.45) is 0. The first-order valence-electron chi connectivity index (χ1n) is 10.2. The van der Waals surface area contributed by atoms with Crippen molar-refractivity contribution >= 4 is 45.8 Å². The third-order valence-corrected chi connectivity index (χ3v) is 5.24. The molecule has 33 heavy (non-hydrogen) atoms. The van der Waals surface area contributed by atoms with Crippen LogP contribution in [0.4, 0.5) is 5.69 Å². The molecule has 1 aromatic heterocycles. The molecule has 0 saturated heterocycles. The molecular formula is C23H23ClN4O5. The van der Waals surface area contributed by atoms with E-state index < -0.39 is 24.4 Å². The fourth-order valence-corrected chi connectivity index (χ4v) is 3.25. The van der Waals surface area contributed by atoms with Gasteiger partial charge in [-0.1, -0.05) is 35.9 Å². The molecule has 0 saturated carbocycles. The van der Waals surface area contributed by atoms with E-state index in [0.717, 1.165) is 0 Å². The lowest BCUT2D eigenvalue weighted by atomic mass is 10.1. The van der Waals surface area contributed by atoms with E-state index in [1.807, 2.05) is 0 Å². The Bertz CT molecular complexity index is 1290. The summed E-state index contributed by atoms with van der Waals surface area (Å²) in [5.41, 5.74) is 0.846. The fraction of sp³-hybridized carbons (Fsp3) is 0.261. The smallest absolute Gasteiger partial charge is 0.359 e. The molecule has 2 amide bonds. The van der Waals surface area contributed by atoms with Gasteiger partial charge in [0.25, 0.3) is 11.5 Å². The van der Waals surface area contributed by atoms with Crippen molar-refractivity contribution in [2.75, 3.05) is 18.5 Å². The van der Waals surface area contributed by atoms with Gasteiger partial charge in [0.1, 0.15) is 0 Å². The van der Waals surface area contributed by atoms with Crippen LogP contribution in [0.25, 0.3) is 10.8 Å². The van der Waals surface area contributed by atoms with Gasteiger partial charge in [0.2, 0.25) is 5.91 Å². The minimum absolute atomic E-state index is 0.0686. The van der Waals surface area contributed by atoms with Crippen LogP contribution in [0.3, 0.4) is 0 Å². The molecule has 10 heteroatoms. The quantitative estimate of drug-likeness (QED) is 0.512. The highest BCUT2D eigenvalue weighted by molar-refractivity contribution is 6.31. The summed E-state index contributed by atoms with van der Waals surface area (Å²) in [6.45, 7) is 4.36. The fourth-order valence-electron chi connectivity index (χ4n) is 3.07. The maximum atomic E-state index is 12.6. The Labute approximate surface area is 194 Å². The number of hydrogen-bond acceptors (Lipinski definition) is 6. The summed E-state index contributed by atoms with van der Waals surface area (Å²) in [7, 11) is 0. The molecule has 2 N–H and O–H groups in total. The van der Waals surface area contributed by atoms with E-state index in [9.17, 15) is 19.2 Å². The average Bonchev–Trinajstić information content (AvgIpc) is 2.79. The number of halogens is 1. The zero-order valence-corrected chi connectivity index (χ0v) is 19.1. The second kappa shape index (κ2) is 10.3. The van der Waals surface area contributed by atoms with Crippen molar-refractivity contribution in [2.45, 2.75) is 26.8 Å². The third kappa shape index (κ3) is 5.56. The molecule has 0 bridgehead atoms. The number of nitrogens with one attached hydrogen (secondary N) is 2. The number of fused-ring (bicyclic) bond motifs is 1. The molecule has 0 atom stereocenters. The molecule has 172 valence electrons. The minimum atomic E-state index is -0.852. The lowest BCUT2D eigenvalue weighted by Crippen LogP contribution is -2.36. The largest absolute Gasteiger partial charge is 0.451 e. The first-order valence-corrected chi connectivity index (χ1v) is 10.6. The predicted octanol–water partition coefficient (Wildman–Crippen LogP) is 2.85. The van der Waals surface area contributed by atoms with Crippen molar-refractivity contribution in [3.63, 3.8) is 0 Å². The Balaban J connectivity index is 1.62. The Hall–Kier alpha value is -3.72. The maximum Gasteiger partial charge on any atom is 0.359 e. The summed E-state index contributed by atoms with van der Waals surface area (Å²) in [5.74, 6) is -1.98. The monoisotopic (exact) mass is 470 g/mol. The zero-order chi connectivity index (χ0) is 24.1. The number of carbonyl (C=O) groups is 3. The third-order valence-electron chi connectivity index (χ3n) is 4.83. The van der Waals surface area contributed by atoms with Crippen LogP contribution in [0, 0.1) is 6.92 Å². The molecule has 0 spiro atoms. The first kappa shape index (κ1) is 23.9. The van der Waals surface area contributed by atoms with Gasteiger partial charge in [-0.15, -0.1) is 0 Å². The summed E-state index contributed by atoms with van der Waals surface area (Å²) in [6, 6.07) is 11.4. The summed E-state index contributed by atoms with van der Waals surface area (Å²) in [5, 5.41) is 10.3. The Kier molecular flexibility index (Phi) is 7.44. The zero-order valence-electron chi connectivity index (χ0n) is 18.3. The summed E-state index contributed by atoms with van der Waals surface area (Å²) >= 11 is 6.02. The Morgan fingerprint density at radius 2 is 1.76 bits per heavy atom. The van der Waals surface area contributed by atoms with Crippen LogP contribution in [-0.4, -0.2) is 40.7 Å². The number of nitrogens with zero attached hydrogens (tertiary/aromatic N) is 2. The Morgan fingerprint density at radius 1 is 1.06 bits per heavy atom. The lowest BCUT2D eigenvalue weighted by Gasteiger charge is -2.13. The van der Waals surface area contributed by atoms with Crippen LogP contribution >= 0.6 is 11.6 Å². The number of anilines is 1. The van der Waals surface area contributed by atoms with Gasteiger partial charge in [0.05, 0.1) is 18.0 Å². The molecule has 0 aliphatic carbocycles. The lowest BCUT2D eigenvalue weighted by molar-refractivity contribution is -0.126. The van der Waals surface area contributed by atoms with Gasteiger partial charge in [-0.2, -0.15) is 5.10 Å². The van der Waals surface area contributed by atoms with Gasteiger partial charge < -0.3 is 15.4 Å². The highest BCUT2D eigenvalue weighted by Crippen LogP contribution is 2.22. The molecule has 0 unspecified atom stereocenters. The number of hydrogen-bond donors (Lipinski definition) is 2. The molecule has 3 aromatic rings. The topological polar surface area (TPSA) is 119 Å². The molecular weight excluding hydrogens is 448 g/mol. The second-order valence-electron chi connectivity index (χ2n) is 7.55. The number of rotatable bonds is 7. The van der Waals surface area contributed by atoms with Crippen molar-refractivity contribution < 1.29 is 19.1 Å². The maximum absolute atomic E-state index is 12.6. The minimum Gasteiger partial charge on any atom is -0.451 e.